The Morgan fingerprint density at radius 3 is 1.57 bits per heavy atom. The predicted molar refractivity (Wildman–Crippen MR) is 126 cm³/mol. The minimum absolute atomic E-state index is 0.249. The summed E-state index contributed by atoms with van der Waals surface area (Å²) in [6.45, 7) is 9.42. The molecule has 0 saturated carbocycles. The van der Waals surface area contributed by atoms with Crippen LogP contribution in [0.1, 0.15) is 90.9 Å². The number of rotatable bonds is 25. The van der Waals surface area contributed by atoms with Crippen LogP contribution in [0.15, 0.2) is 0 Å². The van der Waals surface area contributed by atoms with Gasteiger partial charge in [0.15, 0.2) is 0 Å². The fourth-order valence-electron chi connectivity index (χ4n) is 3.26. The first kappa shape index (κ1) is 29.8. The molecule has 0 fully saturated rings. The molecule has 0 spiro atoms. The highest BCUT2D eigenvalue weighted by molar-refractivity contribution is 4.60. The zero-order chi connectivity index (χ0) is 22.1. The van der Waals surface area contributed by atoms with E-state index in [0.717, 1.165) is 32.4 Å². The van der Waals surface area contributed by atoms with Gasteiger partial charge in [0.25, 0.3) is 0 Å². The van der Waals surface area contributed by atoms with Gasteiger partial charge in [0.05, 0.1) is 38.6 Å². The Kier molecular flexibility index (Phi) is 24.8. The number of hydrogen-bond donors (Lipinski definition) is 4. The standard InChI is InChI=1S/C24H52N2O4/c1-3-5-6-7-8-9-10-11-12-13-14-24(28)22-26-16-18-30-20-19-29-17-15-25-21-23(27)4-2/h23-28H,3-22H2,1-2H3. The normalized spacial score (nSPS) is 13.6. The van der Waals surface area contributed by atoms with Crippen molar-refractivity contribution in [1.82, 2.24) is 10.6 Å². The van der Waals surface area contributed by atoms with Gasteiger partial charge in [-0.05, 0) is 12.8 Å². The number of ether oxygens (including phenoxy) is 2. The average Bonchev–Trinajstić information content (AvgIpc) is 2.75. The molecular formula is C24H52N2O4. The van der Waals surface area contributed by atoms with Gasteiger partial charge >= 0.3 is 0 Å². The maximum absolute atomic E-state index is 10.0. The fourth-order valence-corrected chi connectivity index (χ4v) is 3.26. The van der Waals surface area contributed by atoms with E-state index in [4.69, 9.17) is 9.47 Å². The van der Waals surface area contributed by atoms with Gasteiger partial charge in [-0.1, -0.05) is 78.1 Å². The van der Waals surface area contributed by atoms with Crippen molar-refractivity contribution in [2.75, 3.05) is 52.6 Å². The maximum Gasteiger partial charge on any atom is 0.0701 e. The van der Waals surface area contributed by atoms with Crippen molar-refractivity contribution in [1.29, 1.82) is 0 Å². The number of aliphatic hydroxyl groups is 2. The molecule has 2 unspecified atom stereocenters. The number of aliphatic hydroxyl groups excluding tert-OH is 2. The summed E-state index contributed by atoms with van der Waals surface area (Å²) in [6, 6.07) is 0. The van der Waals surface area contributed by atoms with E-state index in [1.54, 1.807) is 0 Å². The van der Waals surface area contributed by atoms with Crippen LogP contribution < -0.4 is 10.6 Å². The second-order valence-electron chi connectivity index (χ2n) is 8.32. The molecule has 0 rings (SSSR count). The van der Waals surface area contributed by atoms with Crippen LogP contribution in [0.2, 0.25) is 0 Å². The molecule has 182 valence electrons. The van der Waals surface area contributed by atoms with Crippen molar-refractivity contribution in [3.05, 3.63) is 0 Å². The molecule has 0 saturated heterocycles. The van der Waals surface area contributed by atoms with Crippen molar-refractivity contribution in [3.8, 4) is 0 Å². The number of hydrogen-bond acceptors (Lipinski definition) is 6. The summed E-state index contributed by atoms with van der Waals surface area (Å²) in [5, 5.41) is 25.8. The largest absolute Gasteiger partial charge is 0.392 e. The Labute approximate surface area is 186 Å². The van der Waals surface area contributed by atoms with Crippen LogP contribution in [-0.2, 0) is 9.47 Å². The maximum atomic E-state index is 10.0. The van der Waals surface area contributed by atoms with E-state index in [1.807, 2.05) is 6.92 Å². The van der Waals surface area contributed by atoms with Gasteiger partial charge in [0, 0.05) is 26.2 Å². The Bertz CT molecular complexity index is 322. The lowest BCUT2D eigenvalue weighted by Gasteiger charge is -2.12. The van der Waals surface area contributed by atoms with Crippen LogP contribution in [0.5, 0.6) is 0 Å². The van der Waals surface area contributed by atoms with Crippen LogP contribution in [0.3, 0.4) is 0 Å². The van der Waals surface area contributed by atoms with Gasteiger partial charge in [-0.25, -0.2) is 0 Å². The van der Waals surface area contributed by atoms with E-state index in [9.17, 15) is 10.2 Å². The topological polar surface area (TPSA) is 83.0 Å². The zero-order valence-corrected chi connectivity index (χ0v) is 20.0. The predicted octanol–water partition coefficient (Wildman–Crippen LogP) is 3.64. The molecule has 4 N–H and O–H groups in total. The molecule has 0 aliphatic rings. The van der Waals surface area contributed by atoms with Crippen molar-refractivity contribution in [2.45, 2.75) is 103 Å². The number of nitrogens with one attached hydrogen (secondary N) is 2. The van der Waals surface area contributed by atoms with Gasteiger partial charge in [0.1, 0.15) is 0 Å². The molecule has 30 heavy (non-hydrogen) atoms. The second kappa shape index (κ2) is 25.0. The Morgan fingerprint density at radius 1 is 0.600 bits per heavy atom. The van der Waals surface area contributed by atoms with E-state index in [1.165, 1.54) is 57.8 Å². The third-order valence-corrected chi connectivity index (χ3v) is 5.34. The minimum Gasteiger partial charge on any atom is -0.392 e. The SMILES string of the molecule is CCCCCCCCCCCCC(O)CNCCOCCOCCNCC(O)CC. The first-order valence-electron chi connectivity index (χ1n) is 12.6. The molecule has 0 aliphatic carbocycles. The quantitative estimate of drug-likeness (QED) is 0.165. The monoisotopic (exact) mass is 432 g/mol. The summed E-state index contributed by atoms with van der Waals surface area (Å²) in [4.78, 5) is 0. The molecule has 6 nitrogen and oxygen atoms in total. The first-order chi connectivity index (χ1) is 14.7. The van der Waals surface area contributed by atoms with Gasteiger partial charge < -0.3 is 30.3 Å². The van der Waals surface area contributed by atoms with Gasteiger partial charge in [0.2, 0.25) is 0 Å². The molecule has 0 heterocycles. The van der Waals surface area contributed by atoms with Crippen molar-refractivity contribution >= 4 is 0 Å². The third kappa shape index (κ3) is 24.0. The van der Waals surface area contributed by atoms with E-state index in [2.05, 4.69) is 17.6 Å². The van der Waals surface area contributed by atoms with Crippen LogP contribution in [0.25, 0.3) is 0 Å². The molecule has 0 amide bonds. The van der Waals surface area contributed by atoms with Gasteiger partial charge in [-0.15, -0.1) is 0 Å². The van der Waals surface area contributed by atoms with E-state index in [0.29, 0.717) is 39.5 Å². The highest BCUT2D eigenvalue weighted by Gasteiger charge is 2.03. The molecule has 0 radical (unpaired) electrons. The summed E-state index contributed by atoms with van der Waals surface area (Å²) in [7, 11) is 0. The second-order valence-corrected chi connectivity index (χ2v) is 8.32. The van der Waals surface area contributed by atoms with Crippen molar-refractivity contribution in [3.63, 3.8) is 0 Å². The molecule has 2 atom stereocenters. The Hall–Kier alpha value is -0.240. The Morgan fingerprint density at radius 2 is 1.07 bits per heavy atom. The smallest absolute Gasteiger partial charge is 0.0701 e. The molecule has 0 aromatic rings. The molecule has 0 aliphatic heterocycles. The molecule has 0 aromatic heterocycles. The lowest BCUT2D eigenvalue weighted by Crippen LogP contribution is -2.30. The summed E-state index contributed by atoms with van der Waals surface area (Å²) < 4.78 is 11.0. The van der Waals surface area contributed by atoms with Crippen LogP contribution >= 0.6 is 0 Å². The summed E-state index contributed by atoms with van der Waals surface area (Å²) in [6.07, 6.45) is 14.4. The molecule has 0 bridgehead atoms. The van der Waals surface area contributed by atoms with Gasteiger partial charge in [-0.2, -0.15) is 0 Å². The molecule has 0 aromatic carbocycles. The van der Waals surface area contributed by atoms with Gasteiger partial charge in [-0.3, -0.25) is 0 Å². The minimum atomic E-state index is -0.269. The van der Waals surface area contributed by atoms with E-state index in [-0.39, 0.29) is 12.2 Å². The van der Waals surface area contributed by atoms with Crippen LogP contribution in [0.4, 0.5) is 0 Å². The van der Waals surface area contributed by atoms with E-state index < -0.39 is 0 Å². The summed E-state index contributed by atoms with van der Waals surface area (Å²) in [5.41, 5.74) is 0. The number of unbranched alkanes of at least 4 members (excludes halogenated alkanes) is 9. The average molecular weight is 433 g/mol. The highest BCUT2D eigenvalue weighted by atomic mass is 16.5. The van der Waals surface area contributed by atoms with Crippen molar-refractivity contribution in [2.24, 2.45) is 0 Å². The zero-order valence-electron chi connectivity index (χ0n) is 20.0. The molecular weight excluding hydrogens is 380 g/mol. The lowest BCUT2D eigenvalue weighted by molar-refractivity contribution is 0.0479. The lowest BCUT2D eigenvalue weighted by atomic mass is 10.0. The third-order valence-electron chi connectivity index (χ3n) is 5.34. The first-order valence-corrected chi connectivity index (χ1v) is 12.6. The van der Waals surface area contributed by atoms with E-state index >= 15 is 0 Å². The van der Waals surface area contributed by atoms with Crippen molar-refractivity contribution < 1.29 is 19.7 Å². The summed E-state index contributed by atoms with van der Waals surface area (Å²) >= 11 is 0. The molecule has 6 heteroatoms. The Balaban J connectivity index is 3.15. The fraction of sp³-hybridized carbons (Fsp3) is 1.00. The highest BCUT2D eigenvalue weighted by Crippen LogP contribution is 2.11. The van der Waals surface area contributed by atoms with Crippen LogP contribution in [-0.4, -0.2) is 75.0 Å². The summed E-state index contributed by atoms with van der Waals surface area (Å²) in [5.74, 6) is 0. The van der Waals surface area contributed by atoms with Crippen LogP contribution in [0, 0.1) is 0 Å².